The molecular weight excluding hydrogens is 439 g/mol. The summed E-state index contributed by atoms with van der Waals surface area (Å²) in [7, 11) is 1.73. The number of hydrogen-bond donors (Lipinski definition) is 3. The van der Waals surface area contributed by atoms with Crippen molar-refractivity contribution in [2.45, 2.75) is 19.9 Å². The average molecular weight is 466 g/mol. The Morgan fingerprint density at radius 1 is 1.04 bits per heavy atom. The van der Waals surface area contributed by atoms with E-state index in [0.29, 0.717) is 24.6 Å². The number of carbonyl (C=O) groups is 1. The number of halogens is 1. The molecule has 0 fully saturated rings. The lowest BCUT2D eigenvalue weighted by Crippen LogP contribution is -2.42. The minimum Gasteiger partial charge on any atom is -0.355 e. The lowest BCUT2D eigenvalue weighted by Gasteiger charge is -2.18. The van der Waals surface area contributed by atoms with Gasteiger partial charge in [0.15, 0.2) is 5.96 Å². The van der Waals surface area contributed by atoms with Gasteiger partial charge in [-0.25, -0.2) is 0 Å². The predicted octanol–water partition coefficient (Wildman–Crippen LogP) is 3.27. The number of aliphatic imine (C=N–C) groups is 1. The zero-order valence-electron chi connectivity index (χ0n) is 15.5. The van der Waals surface area contributed by atoms with Crippen molar-refractivity contribution in [3.8, 4) is 0 Å². The first-order valence-corrected chi connectivity index (χ1v) is 8.47. The van der Waals surface area contributed by atoms with E-state index in [1.807, 2.05) is 49.4 Å². The van der Waals surface area contributed by atoms with Crippen molar-refractivity contribution in [1.82, 2.24) is 16.0 Å². The first-order chi connectivity index (χ1) is 12.1. The number of nitrogens with zero attached hydrogens (tertiary/aromatic N) is 1. The van der Waals surface area contributed by atoms with Crippen LogP contribution >= 0.6 is 24.0 Å². The van der Waals surface area contributed by atoms with Crippen molar-refractivity contribution >= 4 is 35.8 Å². The van der Waals surface area contributed by atoms with E-state index in [1.165, 1.54) is 5.56 Å². The fourth-order valence-electron chi connectivity index (χ4n) is 2.47. The maximum atomic E-state index is 12.1. The van der Waals surface area contributed by atoms with E-state index in [2.05, 4.69) is 40.0 Å². The van der Waals surface area contributed by atoms with Crippen molar-refractivity contribution in [3.05, 3.63) is 71.3 Å². The van der Waals surface area contributed by atoms with Gasteiger partial charge < -0.3 is 16.0 Å². The van der Waals surface area contributed by atoms with Crippen LogP contribution in [0.5, 0.6) is 0 Å². The van der Waals surface area contributed by atoms with Gasteiger partial charge in [0, 0.05) is 25.7 Å². The highest BCUT2D eigenvalue weighted by atomic mass is 127. The van der Waals surface area contributed by atoms with Gasteiger partial charge in [0.1, 0.15) is 0 Å². The number of hydrogen-bond acceptors (Lipinski definition) is 2. The molecule has 0 saturated carbocycles. The van der Waals surface area contributed by atoms with Crippen LogP contribution < -0.4 is 16.0 Å². The van der Waals surface area contributed by atoms with Crippen LogP contribution in [0.4, 0.5) is 0 Å². The molecule has 1 unspecified atom stereocenters. The lowest BCUT2D eigenvalue weighted by atomic mass is 10.1. The fourth-order valence-corrected chi connectivity index (χ4v) is 2.47. The van der Waals surface area contributed by atoms with Crippen molar-refractivity contribution in [3.63, 3.8) is 0 Å². The monoisotopic (exact) mass is 466 g/mol. The Morgan fingerprint density at radius 3 is 2.38 bits per heavy atom. The van der Waals surface area contributed by atoms with E-state index in [0.717, 1.165) is 5.56 Å². The normalized spacial score (nSPS) is 11.9. The molecule has 26 heavy (non-hydrogen) atoms. The molecule has 2 rings (SSSR count). The summed E-state index contributed by atoms with van der Waals surface area (Å²) >= 11 is 0. The number of benzene rings is 2. The maximum absolute atomic E-state index is 12.1. The number of guanidine groups is 1. The molecule has 5 nitrogen and oxygen atoms in total. The molecule has 2 aromatic rings. The summed E-state index contributed by atoms with van der Waals surface area (Å²) in [4.78, 5) is 16.3. The van der Waals surface area contributed by atoms with Gasteiger partial charge in [0.2, 0.25) is 0 Å². The van der Waals surface area contributed by atoms with E-state index in [1.54, 1.807) is 7.05 Å². The van der Waals surface area contributed by atoms with Crippen LogP contribution in [0.2, 0.25) is 0 Å². The molecule has 0 heterocycles. The Morgan fingerprint density at radius 2 is 1.73 bits per heavy atom. The van der Waals surface area contributed by atoms with Gasteiger partial charge in [-0.2, -0.15) is 0 Å². The molecule has 0 aliphatic rings. The Labute approximate surface area is 172 Å². The summed E-state index contributed by atoms with van der Waals surface area (Å²) in [6.07, 6.45) is 0. The number of rotatable bonds is 6. The molecule has 2 aromatic carbocycles. The third-order valence-corrected chi connectivity index (χ3v) is 3.86. The zero-order chi connectivity index (χ0) is 18.1. The minimum absolute atomic E-state index is 0. The van der Waals surface area contributed by atoms with Crippen LogP contribution in [0.3, 0.4) is 0 Å². The first kappa shape index (κ1) is 22.0. The number of amides is 1. The van der Waals surface area contributed by atoms with E-state index >= 15 is 0 Å². The summed E-state index contributed by atoms with van der Waals surface area (Å²) in [5.41, 5.74) is 2.95. The van der Waals surface area contributed by atoms with Crippen LogP contribution in [-0.2, 0) is 0 Å². The number of aryl methyl sites for hydroxylation is 1. The van der Waals surface area contributed by atoms with Crippen molar-refractivity contribution in [2.75, 3.05) is 20.1 Å². The Kier molecular flexibility index (Phi) is 9.72. The highest BCUT2D eigenvalue weighted by molar-refractivity contribution is 14.0. The highest BCUT2D eigenvalue weighted by Gasteiger charge is 2.07. The molecule has 0 aliphatic heterocycles. The van der Waals surface area contributed by atoms with Crippen LogP contribution in [0.1, 0.15) is 34.5 Å². The maximum Gasteiger partial charge on any atom is 0.251 e. The molecule has 0 aliphatic carbocycles. The highest BCUT2D eigenvalue weighted by Crippen LogP contribution is 2.10. The van der Waals surface area contributed by atoms with Gasteiger partial charge in [0.05, 0.1) is 6.04 Å². The topological polar surface area (TPSA) is 65.5 Å². The van der Waals surface area contributed by atoms with Crippen LogP contribution in [0.25, 0.3) is 0 Å². The summed E-state index contributed by atoms with van der Waals surface area (Å²) in [6.45, 7) is 5.18. The molecule has 140 valence electrons. The lowest BCUT2D eigenvalue weighted by molar-refractivity contribution is 0.0954. The number of carbonyl (C=O) groups excluding carboxylic acids is 1. The Bertz CT molecular complexity index is 719. The summed E-state index contributed by atoms with van der Waals surface area (Å²) in [5.74, 6) is 0.646. The van der Waals surface area contributed by atoms with Crippen molar-refractivity contribution < 1.29 is 4.79 Å². The van der Waals surface area contributed by atoms with Gasteiger partial charge in [-0.1, -0.05) is 48.0 Å². The van der Waals surface area contributed by atoms with Crippen LogP contribution in [-0.4, -0.2) is 32.0 Å². The zero-order valence-corrected chi connectivity index (χ0v) is 17.8. The molecule has 3 N–H and O–H groups in total. The average Bonchev–Trinajstić information content (AvgIpc) is 2.64. The molecule has 0 aromatic heterocycles. The summed E-state index contributed by atoms with van der Waals surface area (Å²) in [5, 5.41) is 9.46. The third-order valence-electron chi connectivity index (χ3n) is 3.86. The van der Waals surface area contributed by atoms with Crippen molar-refractivity contribution in [1.29, 1.82) is 0 Å². The summed E-state index contributed by atoms with van der Waals surface area (Å²) in [6, 6.07) is 17.9. The second kappa shape index (κ2) is 11.5. The fraction of sp³-hybridized carbons (Fsp3) is 0.300. The Hall–Kier alpha value is -2.09. The van der Waals surface area contributed by atoms with Gasteiger partial charge >= 0.3 is 0 Å². The Balaban J connectivity index is 0.00000338. The quantitative estimate of drug-likeness (QED) is 0.265. The van der Waals surface area contributed by atoms with E-state index in [-0.39, 0.29) is 35.9 Å². The van der Waals surface area contributed by atoms with Crippen LogP contribution in [0.15, 0.2) is 59.6 Å². The molecule has 0 spiro atoms. The smallest absolute Gasteiger partial charge is 0.251 e. The van der Waals surface area contributed by atoms with E-state index < -0.39 is 0 Å². The van der Waals surface area contributed by atoms with Gasteiger partial charge in [-0.15, -0.1) is 24.0 Å². The second-order valence-electron chi connectivity index (χ2n) is 5.90. The SMILES string of the molecule is CN=C(NCCNC(=O)c1cccc(C)c1)NC(C)c1ccccc1.I. The standard InChI is InChI=1S/C20H26N4O.HI/c1-15-8-7-11-18(14-15)19(25)22-12-13-23-20(21-3)24-16(2)17-9-5-4-6-10-17;/h4-11,14,16H,12-13H2,1-3H3,(H,22,25)(H2,21,23,24);1H. The largest absolute Gasteiger partial charge is 0.355 e. The summed E-state index contributed by atoms with van der Waals surface area (Å²) < 4.78 is 0. The molecule has 0 bridgehead atoms. The van der Waals surface area contributed by atoms with Gasteiger partial charge in [-0.3, -0.25) is 9.79 Å². The minimum atomic E-state index is -0.0638. The van der Waals surface area contributed by atoms with Gasteiger partial charge in [-0.05, 0) is 31.5 Å². The predicted molar refractivity (Wildman–Crippen MR) is 118 cm³/mol. The third kappa shape index (κ3) is 7.03. The molecule has 0 saturated heterocycles. The molecule has 6 heteroatoms. The van der Waals surface area contributed by atoms with E-state index in [9.17, 15) is 4.79 Å². The second-order valence-corrected chi connectivity index (χ2v) is 5.90. The molecule has 0 radical (unpaired) electrons. The van der Waals surface area contributed by atoms with E-state index in [4.69, 9.17) is 0 Å². The van der Waals surface area contributed by atoms with Gasteiger partial charge in [0.25, 0.3) is 5.91 Å². The number of nitrogens with one attached hydrogen (secondary N) is 3. The molecule has 1 atom stereocenters. The molecular formula is C20H27IN4O. The van der Waals surface area contributed by atoms with Crippen molar-refractivity contribution in [2.24, 2.45) is 4.99 Å². The first-order valence-electron chi connectivity index (χ1n) is 8.47. The van der Waals surface area contributed by atoms with Crippen LogP contribution in [0, 0.1) is 6.92 Å². The molecule has 1 amide bonds.